The molecule has 0 aliphatic heterocycles. The Morgan fingerprint density at radius 1 is 1.11 bits per heavy atom. The van der Waals surface area contributed by atoms with Crippen molar-refractivity contribution in [1.82, 2.24) is 0 Å². The lowest BCUT2D eigenvalue weighted by Gasteiger charge is -2.28. The molecule has 0 fully saturated rings. The number of rotatable bonds is 3. The summed E-state index contributed by atoms with van der Waals surface area (Å²) in [4.78, 5) is 12.1. The normalized spacial score (nSPS) is 14.8. The van der Waals surface area contributed by atoms with Crippen LogP contribution in [0.15, 0.2) is 24.3 Å². The van der Waals surface area contributed by atoms with Crippen LogP contribution in [0.1, 0.15) is 33.3 Å². The maximum absolute atomic E-state index is 12.1. The molecule has 0 aliphatic carbocycles. The van der Waals surface area contributed by atoms with Crippen LogP contribution in [0.3, 0.4) is 0 Å². The molecule has 0 radical (unpaired) electrons. The minimum atomic E-state index is -1.17. The summed E-state index contributed by atoms with van der Waals surface area (Å²) in [6.45, 7) is 7.09. The molecule has 4 nitrogen and oxygen atoms in total. The van der Waals surface area contributed by atoms with Crippen LogP contribution < -0.4 is 10.5 Å². The zero-order valence-electron chi connectivity index (χ0n) is 11.6. The molecule has 1 aromatic carbocycles. The zero-order valence-corrected chi connectivity index (χ0v) is 11.6. The van der Waals surface area contributed by atoms with E-state index in [-0.39, 0.29) is 0 Å². The van der Waals surface area contributed by atoms with E-state index in [1.165, 1.54) is 0 Å². The molecule has 0 spiro atoms. The number of nitrogens with two attached hydrogens (primary N) is 1. The van der Waals surface area contributed by atoms with Gasteiger partial charge in [0.05, 0.1) is 7.11 Å². The molecule has 0 amide bonds. The summed E-state index contributed by atoms with van der Waals surface area (Å²) in [6, 6.07) is 7.07. The highest BCUT2D eigenvalue weighted by molar-refractivity contribution is 5.82. The third-order valence-electron chi connectivity index (χ3n) is 2.51. The maximum atomic E-state index is 12.1. The summed E-state index contributed by atoms with van der Waals surface area (Å²) in [5.41, 5.74) is 5.04. The number of carbonyl (C=O) groups excluding carboxylic acids is 1. The van der Waals surface area contributed by atoms with E-state index < -0.39 is 17.1 Å². The smallest absolute Gasteiger partial charge is 0.331 e. The molecule has 100 valence electrons. The predicted octanol–water partition coefficient (Wildman–Crippen LogP) is 2.21. The maximum Gasteiger partial charge on any atom is 0.331 e. The van der Waals surface area contributed by atoms with Crippen molar-refractivity contribution in [3.63, 3.8) is 0 Å². The van der Waals surface area contributed by atoms with E-state index >= 15 is 0 Å². The van der Waals surface area contributed by atoms with Gasteiger partial charge in [-0.15, -0.1) is 0 Å². The average Bonchev–Trinajstić information content (AvgIpc) is 2.27. The second-order valence-corrected chi connectivity index (χ2v) is 5.43. The summed E-state index contributed by atoms with van der Waals surface area (Å²) >= 11 is 0. The van der Waals surface area contributed by atoms with Crippen molar-refractivity contribution in [2.75, 3.05) is 7.11 Å². The van der Waals surface area contributed by atoms with Gasteiger partial charge in [0.15, 0.2) is 0 Å². The second kappa shape index (κ2) is 4.98. The van der Waals surface area contributed by atoms with Gasteiger partial charge in [0.2, 0.25) is 0 Å². The third-order valence-corrected chi connectivity index (χ3v) is 2.51. The molecule has 0 bridgehead atoms. The third kappa shape index (κ3) is 3.47. The van der Waals surface area contributed by atoms with Crippen LogP contribution >= 0.6 is 0 Å². The monoisotopic (exact) mass is 251 g/mol. The Morgan fingerprint density at radius 2 is 1.61 bits per heavy atom. The quantitative estimate of drug-likeness (QED) is 0.837. The van der Waals surface area contributed by atoms with E-state index in [9.17, 15) is 4.79 Å². The topological polar surface area (TPSA) is 61.5 Å². The van der Waals surface area contributed by atoms with Crippen molar-refractivity contribution in [1.29, 1.82) is 0 Å². The van der Waals surface area contributed by atoms with E-state index in [1.54, 1.807) is 38.3 Å². The predicted molar refractivity (Wildman–Crippen MR) is 70.4 cm³/mol. The number of methoxy groups -OCH3 is 1. The van der Waals surface area contributed by atoms with Gasteiger partial charge in [0.25, 0.3) is 0 Å². The number of ether oxygens (including phenoxy) is 2. The first-order valence-electron chi connectivity index (χ1n) is 5.83. The zero-order chi connectivity index (χ0) is 14.0. The van der Waals surface area contributed by atoms with Crippen molar-refractivity contribution >= 4 is 5.97 Å². The van der Waals surface area contributed by atoms with Gasteiger partial charge in [0.1, 0.15) is 16.9 Å². The molecule has 1 unspecified atom stereocenters. The average molecular weight is 251 g/mol. The van der Waals surface area contributed by atoms with Gasteiger partial charge in [0, 0.05) is 0 Å². The Morgan fingerprint density at radius 3 is 2.00 bits per heavy atom. The summed E-state index contributed by atoms with van der Waals surface area (Å²) in [7, 11) is 1.59. The lowest BCUT2D eigenvalue weighted by atomic mass is 9.93. The fourth-order valence-electron chi connectivity index (χ4n) is 1.44. The first-order valence-corrected chi connectivity index (χ1v) is 5.83. The molecular weight excluding hydrogens is 230 g/mol. The van der Waals surface area contributed by atoms with Crippen LogP contribution in [0.5, 0.6) is 5.75 Å². The number of hydrogen-bond acceptors (Lipinski definition) is 4. The Kier molecular flexibility index (Phi) is 4.02. The number of carbonyl (C=O) groups is 1. The number of hydrogen-bond donors (Lipinski definition) is 1. The summed E-state index contributed by atoms with van der Waals surface area (Å²) in [5.74, 6) is 0.277. The van der Waals surface area contributed by atoms with Crippen LogP contribution in [-0.2, 0) is 15.1 Å². The highest BCUT2D eigenvalue weighted by atomic mass is 16.6. The Bertz CT molecular complexity index is 416. The fraction of sp³-hybridized carbons (Fsp3) is 0.500. The van der Waals surface area contributed by atoms with Gasteiger partial charge in [-0.05, 0) is 45.4 Å². The Hall–Kier alpha value is -1.55. The highest BCUT2D eigenvalue weighted by Crippen LogP contribution is 2.24. The first-order chi connectivity index (χ1) is 8.16. The minimum Gasteiger partial charge on any atom is -0.497 e. The molecule has 4 heteroatoms. The van der Waals surface area contributed by atoms with Gasteiger partial charge in [-0.1, -0.05) is 12.1 Å². The van der Waals surface area contributed by atoms with Crippen LogP contribution in [0.2, 0.25) is 0 Å². The standard InChI is InChI=1S/C14H21NO3/c1-13(2,3)18-12(16)14(4,15)10-6-8-11(17-5)9-7-10/h6-9H,15H2,1-5H3. The van der Waals surface area contributed by atoms with E-state index in [1.807, 2.05) is 20.8 Å². The summed E-state index contributed by atoms with van der Waals surface area (Å²) in [6.07, 6.45) is 0. The Balaban J connectivity index is 2.94. The van der Waals surface area contributed by atoms with Gasteiger partial charge in [-0.3, -0.25) is 0 Å². The van der Waals surface area contributed by atoms with Crippen molar-refractivity contribution < 1.29 is 14.3 Å². The SMILES string of the molecule is COc1ccc(C(C)(N)C(=O)OC(C)(C)C)cc1. The molecule has 1 aromatic rings. The van der Waals surface area contributed by atoms with Crippen molar-refractivity contribution in [2.24, 2.45) is 5.73 Å². The molecule has 0 aliphatic rings. The second-order valence-electron chi connectivity index (χ2n) is 5.43. The molecule has 1 atom stereocenters. The van der Waals surface area contributed by atoms with Gasteiger partial charge in [-0.2, -0.15) is 0 Å². The Labute approximate surface area is 108 Å². The number of benzene rings is 1. The van der Waals surface area contributed by atoms with Crippen LogP contribution in [0, 0.1) is 0 Å². The summed E-state index contributed by atoms with van der Waals surface area (Å²) in [5, 5.41) is 0. The van der Waals surface area contributed by atoms with Crippen molar-refractivity contribution in [3.8, 4) is 5.75 Å². The lowest BCUT2D eigenvalue weighted by molar-refractivity contribution is -0.161. The fourth-order valence-corrected chi connectivity index (χ4v) is 1.44. The van der Waals surface area contributed by atoms with E-state index in [2.05, 4.69) is 0 Å². The molecule has 0 heterocycles. The lowest BCUT2D eigenvalue weighted by Crippen LogP contribution is -2.45. The van der Waals surface area contributed by atoms with Crippen molar-refractivity contribution in [2.45, 2.75) is 38.8 Å². The van der Waals surface area contributed by atoms with E-state index in [0.717, 1.165) is 5.75 Å². The van der Waals surface area contributed by atoms with Gasteiger partial charge < -0.3 is 15.2 Å². The minimum absolute atomic E-state index is 0.444. The molecule has 0 aromatic heterocycles. The van der Waals surface area contributed by atoms with Crippen LogP contribution in [0.4, 0.5) is 0 Å². The van der Waals surface area contributed by atoms with Crippen LogP contribution in [0.25, 0.3) is 0 Å². The largest absolute Gasteiger partial charge is 0.497 e. The molecule has 1 rings (SSSR count). The number of esters is 1. The molecular formula is C14H21NO3. The van der Waals surface area contributed by atoms with Crippen LogP contribution in [-0.4, -0.2) is 18.7 Å². The van der Waals surface area contributed by atoms with E-state index in [0.29, 0.717) is 5.56 Å². The molecule has 18 heavy (non-hydrogen) atoms. The molecule has 2 N–H and O–H groups in total. The van der Waals surface area contributed by atoms with Crippen molar-refractivity contribution in [3.05, 3.63) is 29.8 Å². The highest BCUT2D eigenvalue weighted by Gasteiger charge is 2.34. The molecule has 0 saturated heterocycles. The molecule has 0 saturated carbocycles. The van der Waals surface area contributed by atoms with Gasteiger partial charge in [-0.25, -0.2) is 4.79 Å². The first kappa shape index (κ1) is 14.5. The summed E-state index contributed by atoms with van der Waals surface area (Å²) < 4.78 is 10.4. The van der Waals surface area contributed by atoms with Gasteiger partial charge >= 0.3 is 5.97 Å². The van der Waals surface area contributed by atoms with E-state index in [4.69, 9.17) is 15.2 Å².